The number of nitrogen functional groups attached to an aromatic ring is 2. The van der Waals surface area contributed by atoms with E-state index in [1.165, 1.54) is 6.20 Å². The molecule has 0 aliphatic carbocycles. The van der Waals surface area contributed by atoms with Gasteiger partial charge in [-0.15, -0.1) is 0 Å². The van der Waals surface area contributed by atoms with E-state index in [0.29, 0.717) is 22.8 Å². The monoisotopic (exact) mass is 330 g/mol. The second kappa shape index (κ2) is 7.31. The molecule has 0 amide bonds. The average molecular weight is 330 g/mol. The molecule has 0 saturated carbocycles. The summed E-state index contributed by atoms with van der Waals surface area (Å²) in [7, 11) is 0. The minimum atomic E-state index is 0.460. The topological polar surface area (TPSA) is 91.9 Å². The summed E-state index contributed by atoms with van der Waals surface area (Å²) in [5.74, 6) is 0. The summed E-state index contributed by atoms with van der Waals surface area (Å²) >= 11 is 0. The van der Waals surface area contributed by atoms with Crippen molar-refractivity contribution in [1.82, 2.24) is 4.98 Å². The molecule has 0 aliphatic heterocycles. The van der Waals surface area contributed by atoms with Crippen molar-refractivity contribution in [2.75, 3.05) is 11.5 Å². The normalized spacial score (nSPS) is 11.4. The van der Waals surface area contributed by atoms with Gasteiger partial charge in [-0.3, -0.25) is 0 Å². The predicted octanol–water partition coefficient (Wildman–Crippen LogP) is 3.22. The van der Waals surface area contributed by atoms with E-state index in [2.05, 4.69) is 4.98 Å². The number of aromatic nitrogens is 2. The smallest absolute Gasteiger partial charge is 0.234 e. The second-order valence-electron chi connectivity index (χ2n) is 5.56. The van der Waals surface area contributed by atoms with E-state index in [-0.39, 0.29) is 0 Å². The number of hydrogen-bond acceptors (Lipinski definition) is 4. The maximum absolute atomic E-state index is 12.1. The highest BCUT2D eigenvalue weighted by Gasteiger charge is 2.03. The lowest BCUT2D eigenvalue weighted by molar-refractivity contribution is -0.608. The lowest BCUT2D eigenvalue weighted by Crippen LogP contribution is -2.30. The van der Waals surface area contributed by atoms with Crippen LogP contribution in [0.2, 0.25) is 0 Å². The first-order chi connectivity index (χ1) is 12.1. The number of benzene rings is 2. The van der Waals surface area contributed by atoms with Crippen LogP contribution in [-0.4, -0.2) is 4.98 Å². The first-order valence-corrected chi connectivity index (χ1v) is 7.76. The van der Waals surface area contributed by atoms with Gasteiger partial charge in [-0.2, -0.15) is 4.73 Å². The Morgan fingerprint density at radius 2 is 1.28 bits per heavy atom. The van der Waals surface area contributed by atoms with Crippen LogP contribution in [-0.2, 0) is 0 Å². The summed E-state index contributed by atoms with van der Waals surface area (Å²) in [4.78, 5) is 4.29. The molecular weight excluding hydrogens is 312 g/mol. The zero-order chi connectivity index (χ0) is 17.6. The standard InChI is InChI=1S/C20H18N4O/c21-17-7-1-15(2-8-17)5-11-19-14-24(25)20(13-23-19)12-6-16-3-9-18(22)10-4-16/h1-14H,21-22H2/b11-5+,12-6+. The molecule has 5 heteroatoms. The number of nitrogens with zero attached hydrogens (tertiary/aromatic N) is 2. The van der Waals surface area contributed by atoms with Crippen LogP contribution >= 0.6 is 0 Å². The van der Waals surface area contributed by atoms with Crippen molar-refractivity contribution >= 4 is 35.7 Å². The van der Waals surface area contributed by atoms with Crippen molar-refractivity contribution in [3.8, 4) is 0 Å². The third kappa shape index (κ3) is 4.45. The molecular formula is C20H18N4O. The fraction of sp³-hybridized carbons (Fsp3) is 0. The zero-order valence-electron chi connectivity index (χ0n) is 13.5. The van der Waals surface area contributed by atoms with Crippen molar-refractivity contribution in [2.45, 2.75) is 0 Å². The minimum absolute atomic E-state index is 0.460. The second-order valence-corrected chi connectivity index (χ2v) is 5.56. The van der Waals surface area contributed by atoms with Crippen LogP contribution in [0.3, 0.4) is 0 Å². The molecule has 0 saturated heterocycles. The highest BCUT2D eigenvalue weighted by atomic mass is 16.5. The largest absolute Gasteiger partial charge is 0.618 e. The number of hydrogen-bond donors (Lipinski definition) is 2. The highest BCUT2D eigenvalue weighted by Crippen LogP contribution is 2.10. The molecule has 3 rings (SSSR count). The van der Waals surface area contributed by atoms with Crippen molar-refractivity contribution in [1.29, 1.82) is 0 Å². The molecule has 3 aromatic rings. The summed E-state index contributed by atoms with van der Waals surface area (Å²) in [6.45, 7) is 0. The van der Waals surface area contributed by atoms with Gasteiger partial charge in [-0.1, -0.05) is 30.3 Å². The van der Waals surface area contributed by atoms with E-state index >= 15 is 0 Å². The van der Waals surface area contributed by atoms with Gasteiger partial charge in [0.25, 0.3) is 0 Å². The maximum atomic E-state index is 12.1. The maximum Gasteiger partial charge on any atom is 0.234 e. The molecule has 124 valence electrons. The lowest BCUT2D eigenvalue weighted by atomic mass is 10.2. The Balaban J connectivity index is 1.74. The predicted molar refractivity (Wildman–Crippen MR) is 103 cm³/mol. The quantitative estimate of drug-likeness (QED) is 0.436. The fourth-order valence-electron chi connectivity index (χ4n) is 2.21. The zero-order valence-corrected chi connectivity index (χ0v) is 13.5. The van der Waals surface area contributed by atoms with Gasteiger partial charge < -0.3 is 16.7 Å². The van der Waals surface area contributed by atoms with Gasteiger partial charge in [0.1, 0.15) is 11.9 Å². The molecule has 4 N–H and O–H groups in total. The molecule has 2 aromatic carbocycles. The molecule has 0 spiro atoms. The van der Waals surface area contributed by atoms with Crippen LogP contribution in [0.4, 0.5) is 11.4 Å². The van der Waals surface area contributed by atoms with E-state index in [0.717, 1.165) is 15.9 Å². The first-order valence-electron chi connectivity index (χ1n) is 7.76. The van der Waals surface area contributed by atoms with E-state index in [4.69, 9.17) is 11.5 Å². The number of nitrogens with two attached hydrogens (primary N) is 2. The van der Waals surface area contributed by atoms with Gasteiger partial charge in [0, 0.05) is 17.5 Å². The van der Waals surface area contributed by atoms with E-state index in [1.807, 2.05) is 60.7 Å². The van der Waals surface area contributed by atoms with Crippen molar-refractivity contribution in [2.24, 2.45) is 0 Å². The molecule has 1 aromatic heterocycles. The van der Waals surface area contributed by atoms with E-state index in [1.54, 1.807) is 18.3 Å². The number of anilines is 2. The van der Waals surface area contributed by atoms with Crippen LogP contribution < -0.4 is 16.2 Å². The Kier molecular flexibility index (Phi) is 4.76. The molecule has 0 aliphatic rings. The molecule has 0 atom stereocenters. The lowest BCUT2D eigenvalue weighted by Gasteiger charge is -2.01. The van der Waals surface area contributed by atoms with Gasteiger partial charge in [0.2, 0.25) is 11.9 Å². The summed E-state index contributed by atoms with van der Waals surface area (Å²) in [5, 5.41) is 12.1. The van der Waals surface area contributed by atoms with E-state index < -0.39 is 0 Å². The van der Waals surface area contributed by atoms with Gasteiger partial charge in [0.15, 0.2) is 0 Å². The van der Waals surface area contributed by atoms with Crippen molar-refractivity contribution in [3.05, 3.63) is 88.6 Å². The van der Waals surface area contributed by atoms with Crippen LogP contribution in [0.5, 0.6) is 0 Å². The molecule has 5 nitrogen and oxygen atoms in total. The third-order valence-corrected chi connectivity index (χ3v) is 3.62. The molecule has 0 radical (unpaired) electrons. The Morgan fingerprint density at radius 3 is 1.80 bits per heavy atom. The SMILES string of the molecule is Nc1ccc(/C=C/c2c[n+]([O-])c(/C=C/c3ccc(N)cc3)cn2)cc1. The van der Waals surface area contributed by atoms with Crippen LogP contribution in [0.15, 0.2) is 60.9 Å². The minimum Gasteiger partial charge on any atom is -0.618 e. The van der Waals surface area contributed by atoms with Crippen LogP contribution in [0, 0.1) is 5.21 Å². The summed E-state index contributed by atoms with van der Waals surface area (Å²) in [5.41, 5.74) is 15.7. The molecule has 25 heavy (non-hydrogen) atoms. The fourth-order valence-corrected chi connectivity index (χ4v) is 2.21. The Hall–Kier alpha value is -3.60. The molecule has 0 bridgehead atoms. The van der Waals surface area contributed by atoms with Gasteiger partial charge >= 0.3 is 0 Å². The van der Waals surface area contributed by atoms with Gasteiger partial charge in [-0.05, 0) is 47.5 Å². The molecule has 0 fully saturated rings. The van der Waals surface area contributed by atoms with Crippen molar-refractivity contribution < 1.29 is 4.73 Å². The van der Waals surface area contributed by atoms with Crippen LogP contribution in [0.1, 0.15) is 22.5 Å². The first kappa shape index (κ1) is 16.3. The Morgan fingerprint density at radius 1 is 0.760 bits per heavy atom. The van der Waals surface area contributed by atoms with Gasteiger partial charge in [0.05, 0.1) is 0 Å². The van der Waals surface area contributed by atoms with E-state index in [9.17, 15) is 5.21 Å². The average Bonchev–Trinajstić information content (AvgIpc) is 2.62. The Labute approximate surface area is 146 Å². The number of rotatable bonds is 4. The summed E-state index contributed by atoms with van der Waals surface area (Å²) in [6.07, 6.45) is 10.2. The summed E-state index contributed by atoms with van der Waals surface area (Å²) < 4.78 is 0.795. The van der Waals surface area contributed by atoms with Gasteiger partial charge in [-0.25, -0.2) is 4.98 Å². The molecule has 1 heterocycles. The highest BCUT2D eigenvalue weighted by molar-refractivity contribution is 5.69. The molecule has 0 unspecified atom stereocenters. The third-order valence-electron chi connectivity index (χ3n) is 3.62. The van der Waals surface area contributed by atoms with Crippen molar-refractivity contribution in [3.63, 3.8) is 0 Å². The Bertz CT molecular complexity index is 913. The summed E-state index contributed by atoms with van der Waals surface area (Å²) in [6, 6.07) is 14.9. The van der Waals surface area contributed by atoms with Crippen LogP contribution in [0.25, 0.3) is 24.3 Å².